The lowest BCUT2D eigenvalue weighted by Crippen LogP contribution is -2.47. The minimum Gasteiger partial charge on any atom is -0.381 e. The quantitative estimate of drug-likeness (QED) is 0.926. The van der Waals surface area contributed by atoms with Crippen LogP contribution in [0.25, 0.3) is 0 Å². The van der Waals surface area contributed by atoms with Crippen molar-refractivity contribution in [1.82, 2.24) is 10.3 Å². The molecule has 1 atom stereocenters. The number of pyridine rings is 1. The first kappa shape index (κ1) is 15.3. The molecule has 2 aliphatic heterocycles. The standard InChI is InChI=1S/C17H25N3O2/c1-13-4-5-16(18-11-13)20-8-2-3-14(12-20)17(21)19-15-6-9-22-10-7-15/h4-5,11,14-15H,2-3,6-10,12H2,1H3,(H,19,21). The van der Waals surface area contributed by atoms with E-state index in [2.05, 4.69) is 21.3 Å². The number of hydrogen-bond acceptors (Lipinski definition) is 4. The van der Waals surface area contributed by atoms with Gasteiger partial charge in [-0.15, -0.1) is 0 Å². The van der Waals surface area contributed by atoms with Crippen LogP contribution in [0, 0.1) is 12.8 Å². The zero-order valence-electron chi connectivity index (χ0n) is 13.3. The van der Waals surface area contributed by atoms with Crippen molar-refractivity contribution in [3.63, 3.8) is 0 Å². The average molecular weight is 303 g/mol. The largest absolute Gasteiger partial charge is 0.381 e. The number of amides is 1. The molecule has 2 aliphatic rings. The molecule has 3 rings (SSSR count). The van der Waals surface area contributed by atoms with Crippen LogP contribution in [0.5, 0.6) is 0 Å². The van der Waals surface area contributed by atoms with Crippen LogP contribution < -0.4 is 10.2 Å². The monoisotopic (exact) mass is 303 g/mol. The molecule has 1 aromatic heterocycles. The maximum Gasteiger partial charge on any atom is 0.225 e. The van der Waals surface area contributed by atoms with E-state index in [1.807, 2.05) is 19.2 Å². The van der Waals surface area contributed by atoms with Gasteiger partial charge in [0.2, 0.25) is 5.91 Å². The van der Waals surface area contributed by atoms with Crippen molar-refractivity contribution < 1.29 is 9.53 Å². The van der Waals surface area contributed by atoms with E-state index in [0.717, 1.165) is 63.4 Å². The lowest BCUT2D eigenvalue weighted by Gasteiger charge is -2.34. The van der Waals surface area contributed by atoms with Crippen LogP contribution in [0.4, 0.5) is 5.82 Å². The third-order valence-corrected chi connectivity index (χ3v) is 4.58. The fraction of sp³-hybridized carbons (Fsp3) is 0.647. The van der Waals surface area contributed by atoms with Crippen molar-refractivity contribution in [3.05, 3.63) is 23.9 Å². The number of anilines is 1. The second-order valence-electron chi connectivity index (χ2n) is 6.37. The molecular formula is C17H25N3O2. The summed E-state index contributed by atoms with van der Waals surface area (Å²) < 4.78 is 5.34. The molecule has 120 valence electrons. The van der Waals surface area contributed by atoms with Crippen molar-refractivity contribution in [1.29, 1.82) is 0 Å². The van der Waals surface area contributed by atoms with Crippen LogP contribution in [-0.2, 0) is 9.53 Å². The number of ether oxygens (including phenoxy) is 1. The molecule has 5 heteroatoms. The maximum atomic E-state index is 12.5. The fourth-order valence-electron chi connectivity index (χ4n) is 3.21. The molecule has 22 heavy (non-hydrogen) atoms. The summed E-state index contributed by atoms with van der Waals surface area (Å²) >= 11 is 0. The Kier molecular flexibility index (Phi) is 4.93. The number of rotatable bonds is 3. The smallest absolute Gasteiger partial charge is 0.225 e. The molecule has 3 heterocycles. The lowest BCUT2D eigenvalue weighted by atomic mass is 9.96. The molecule has 1 unspecified atom stereocenters. The molecule has 1 amide bonds. The van der Waals surface area contributed by atoms with Gasteiger partial charge in [0.05, 0.1) is 5.92 Å². The van der Waals surface area contributed by atoms with E-state index in [9.17, 15) is 4.79 Å². The molecule has 0 aliphatic carbocycles. The van der Waals surface area contributed by atoms with Crippen LogP contribution in [-0.4, -0.2) is 43.2 Å². The Balaban J connectivity index is 1.57. The average Bonchev–Trinajstić information content (AvgIpc) is 2.56. The minimum absolute atomic E-state index is 0.0692. The molecule has 0 spiro atoms. The number of nitrogens with one attached hydrogen (secondary N) is 1. The van der Waals surface area contributed by atoms with E-state index >= 15 is 0 Å². The summed E-state index contributed by atoms with van der Waals surface area (Å²) in [4.78, 5) is 19.2. The van der Waals surface area contributed by atoms with Crippen LogP contribution in [0.3, 0.4) is 0 Å². The number of piperidine rings is 1. The van der Waals surface area contributed by atoms with Crippen molar-refractivity contribution in [2.24, 2.45) is 5.92 Å². The minimum atomic E-state index is 0.0692. The van der Waals surface area contributed by atoms with Gasteiger partial charge in [-0.25, -0.2) is 4.98 Å². The Morgan fingerprint density at radius 1 is 1.32 bits per heavy atom. The lowest BCUT2D eigenvalue weighted by molar-refractivity contribution is -0.126. The highest BCUT2D eigenvalue weighted by molar-refractivity contribution is 5.79. The number of carbonyl (C=O) groups excluding carboxylic acids is 1. The van der Waals surface area contributed by atoms with Crippen LogP contribution >= 0.6 is 0 Å². The van der Waals surface area contributed by atoms with Gasteiger partial charge in [0.1, 0.15) is 5.82 Å². The number of hydrogen-bond donors (Lipinski definition) is 1. The van der Waals surface area contributed by atoms with Crippen molar-refractivity contribution in [3.8, 4) is 0 Å². The normalized spacial score (nSPS) is 23.3. The van der Waals surface area contributed by atoms with Crippen molar-refractivity contribution >= 4 is 11.7 Å². The molecule has 0 aromatic carbocycles. The molecule has 2 saturated heterocycles. The molecule has 0 bridgehead atoms. The molecular weight excluding hydrogens is 278 g/mol. The van der Waals surface area contributed by atoms with E-state index in [1.54, 1.807) is 0 Å². The third-order valence-electron chi connectivity index (χ3n) is 4.58. The van der Waals surface area contributed by atoms with E-state index in [-0.39, 0.29) is 17.9 Å². The summed E-state index contributed by atoms with van der Waals surface area (Å²) in [6, 6.07) is 4.41. The summed E-state index contributed by atoms with van der Waals surface area (Å²) in [6.45, 7) is 5.31. The Labute approximate surface area is 132 Å². The van der Waals surface area contributed by atoms with Gasteiger partial charge >= 0.3 is 0 Å². The zero-order chi connectivity index (χ0) is 15.4. The first-order valence-electron chi connectivity index (χ1n) is 8.28. The third kappa shape index (κ3) is 3.77. The van der Waals surface area contributed by atoms with Crippen LogP contribution in [0.2, 0.25) is 0 Å². The number of nitrogens with zero attached hydrogens (tertiary/aromatic N) is 2. The van der Waals surface area contributed by atoms with E-state index in [1.165, 1.54) is 0 Å². The number of aromatic nitrogens is 1. The van der Waals surface area contributed by atoms with Gasteiger partial charge in [-0.05, 0) is 44.2 Å². The summed E-state index contributed by atoms with van der Waals surface area (Å²) in [7, 11) is 0. The summed E-state index contributed by atoms with van der Waals surface area (Å²) in [6.07, 6.45) is 5.77. The Hall–Kier alpha value is -1.62. The molecule has 1 aromatic rings. The SMILES string of the molecule is Cc1ccc(N2CCCC(C(=O)NC3CCOCC3)C2)nc1. The van der Waals surface area contributed by atoms with Crippen molar-refractivity contribution in [2.75, 3.05) is 31.2 Å². The first-order valence-corrected chi connectivity index (χ1v) is 8.28. The van der Waals surface area contributed by atoms with Gasteiger partial charge in [0, 0.05) is 38.5 Å². The van der Waals surface area contributed by atoms with Gasteiger partial charge < -0.3 is 15.0 Å². The van der Waals surface area contributed by atoms with Gasteiger partial charge in [-0.2, -0.15) is 0 Å². The highest BCUT2D eigenvalue weighted by atomic mass is 16.5. The Bertz CT molecular complexity index is 497. The maximum absolute atomic E-state index is 12.5. The van der Waals surface area contributed by atoms with Gasteiger partial charge in [-0.3, -0.25) is 4.79 Å². The van der Waals surface area contributed by atoms with Gasteiger partial charge in [0.25, 0.3) is 0 Å². The molecule has 1 N–H and O–H groups in total. The van der Waals surface area contributed by atoms with E-state index < -0.39 is 0 Å². The van der Waals surface area contributed by atoms with Crippen molar-refractivity contribution in [2.45, 2.75) is 38.6 Å². The number of aryl methyl sites for hydroxylation is 1. The molecule has 2 fully saturated rings. The highest BCUT2D eigenvalue weighted by Crippen LogP contribution is 2.22. The van der Waals surface area contributed by atoms with E-state index in [4.69, 9.17) is 4.74 Å². The molecule has 5 nitrogen and oxygen atoms in total. The summed E-state index contributed by atoms with van der Waals surface area (Å²) in [5.41, 5.74) is 1.16. The van der Waals surface area contributed by atoms with Gasteiger partial charge in [-0.1, -0.05) is 6.07 Å². The van der Waals surface area contributed by atoms with Crippen LogP contribution in [0.15, 0.2) is 18.3 Å². The fourth-order valence-corrected chi connectivity index (χ4v) is 3.21. The number of carbonyl (C=O) groups is 1. The first-order chi connectivity index (χ1) is 10.7. The Morgan fingerprint density at radius 2 is 2.14 bits per heavy atom. The van der Waals surface area contributed by atoms with E-state index in [0.29, 0.717) is 0 Å². The predicted molar refractivity (Wildman–Crippen MR) is 85.9 cm³/mol. The summed E-state index contributed by atoms with van der Waals surface area (Å²) in [5.74, 6) is 1.25. The highest BCUT2D eigenvalue weighted by Gasteiger charge is 2.28. The Morgan fingerprint density at radius 3 is 2.86 bits per heavy atom. The van der Waals surface area contributed by atoms with Crippen LogP contribution in [0.1, 0.15) is 31.2 Å². The predicted octanol–water partition coefficient (Wildman–Crippen LogP) is 1.90. The zero-order valence-corrected chi connectivity index (χ0v) is 13.3. The topological polar surface area (TPSA) is 54.5 Å². The molecule has 0 radical (unpaired) electrons. The summed E-state index contributed by atoms with van der Waals surface area (Å²) in [5, 5.41) is 3.20. The second-order valence-corrected chi connectivity index (χ2v) is 6.37. The van der Waals surface area contributed by atoms with Gasteiger partial charge in [0.15, 0.2) is 0 Å². The second kappa shape index (κ2) is 7.09. The molecule has 0 saturated carbocycles.